The van der Waals surface area contributed by atoms with Gasteiger partial charge in [-0.25, -0.2) is 18.9 Å². The van der Waals surface area contributed by atoms with E-state index in [-0.39, 0.29) is 28.7 Å². The Morgan fingerprint density at radius 1 is 1.23 bits per heavy atom. The molecule has 0 atom stereocenters. The Hall–Kier alpha value is -3.40. The highest BCUT2D eigenvalue weighted by atomic mass is 32.1. The molecule has 0 aliphatic heterocycles. The van der Waals surface area contributed by atoms with E-state index in [0.29, 0.717) is 18.7 Å². The third kappa shape index (κ3) is 4.77. The van der Waals surface area contributed by atoms with Crippen LogP contribution in [0.5, 0.6) is 0 Å². The minimum Gasteiger partial charge on any atom is -0.454 e. The van der Waals surface area contributed by atoms with Crippen molar-refractivity contribution in [3.05, 3.63) is 69.3 Å². The summed E-state index contributed by atoms with van der Waals surface area (Å²) in [7, 11) is 0. The van der Waals surface area contributed by atoms with Crippen molar-refractivity contribution in [3.63, 3.8) is 0 Å². The van der Waals surface area contributed by atoms with Crippen LogP contribution in [0.4, 0.5) is 15.2 Å². The maximum absolute atomic E-state index is 14.1. The molecule has 3 rings (SSSR count). The molecule has 0 bridgehead atoms. The number of para-hydroxylation sites is 1. The number of ether oxygens (including phenoxy) is 1. The van der Waals surface area contributed by atoms with Crippen LogP contribution >= 0.6 is 11.3 Å². The Bertz CT molecular complexity index is 1130. The standard InChI is InChI=1S/C20H19FN4O4S/c1-3-10-24-18(27)9-8-16(23-24)19(28)29-11-14-12-30-20(22-14)25(13(2)26)17-7-5-4-6-15(17)21/h4-9,12H,3,10-11H2,1-2H3. The van der Waals surface area contributed by atoms with Crippen molar-refractivity contribution in [2.24, 2.45) is 0 Å². The molecule has 1 amide bonds. The zero-order chi connectivity index (χ0) is 21.7. The van der Waals surface area contributed by atoms with Crippen LogP contribution in [0.2, 0.25) is 0 Å². The minimum absolute atomic E-state index is 0.00946. The molecule has 2 heterocycles. The molecule has 8 nitrogen and oxygen atoms in total. The smallest absolute Gasteiger partial charge is 0.359 e. The topological polar surface area (TPSA) is 94.4 Å². The molecule has 0 N–H and O–H groups in total. The highest BCUT2D eigenvalue weighted by molar-refractivity contribution is 7.14. The van der Waals surface area contributed by atoms with Crippen LogP contribution in [0.3, 0.4) is 0 Å². The fraction of sp³-hybridized carbons (Fsp3) is 0.250. The Balaban J connectivity index is 1.73. The van der Waals surface area contributed by atoms with Crippen LogP contribution in [0.25, 0.3) is 0 Å². The lowest BCUT2D eigenvalue weighted by Gasteiger charge is -2.18. The third-order valence-electron chi connectivity index (χ3n) is 4.00. The van der Waals surface area contributed by atoms with Gasteiger partial charge in [-0.2, -0.15) is 5.10 Å². The van der Waals surface area contributed by atoms with Gasteiger partial charge in [0, 0.05) is 24.9 Å². The second-order valence-corrected chi connectivity index (χ2v) is 7.12. The number of thiazole rings is 1. The lowest BCUT2D eigenvalue weighted by Crippen LogP contribution is -2.24. The zero-order valence-electron chi connectivity index (χ0n) is 16.4. The fourth-order valence-electron chi connectivity index (χ4n) is 2.65. The van der Waals surface area contributed by atoms with Crippen LogP contribution < -0.4 is 10.5 Å². The normalized spacial score (nSPS) is 10.6. The number of esters is 1. The predicted molar refractivity (Wildman–Crippen MR) is 109 cm³/mol. The van der Waals surface area contributed by atoms with Crippen molar-refractivity contribution < 1.29 is 18.7 Å². The highest BCUT2D eigenvalue weighted by Gasteiger charge is 2.21. The number of aromatic nitrogens is 3. The van der Waals surface area contributed by atoms with Crippen molar-refractivity contribution >= 4 is 34.0 Å². The van der Waals surface area contributed by atoms with Crippen LogP contribution in [0.15, 0.2) is 46.6 Å². The minimum atomic E-state index is -0.702. The van der Waals surface area contributed by atoms with E-state index in [1.54, 1.807) is 11.4 Å². The molecule has 30 heavy (non-hydrogen) atoms. The summed E-state index contributed by atoms with van der Waals surface area (Å²) in [6, 6.07) is 8.46. The molecule has 1 aromatic carbocycles. The largest absolute Gasteiger partial charge is 0.454 e. The number of anilines is 2. The van der Waals surface area contributed by atoms with Gasteiger partial charge in [-0.3, -0.25) is 14.5 Å². The number of benzene rings is 1. The first-order valence-corrected chi connectivity index (χ1v) is 10.0. The van der Waals surface area contributed by atoms with Gasteiger partial charge in [0.2, 0.25) is 5.91 Å². The Morgan fingerprint density at radius 3 is 2.70 bits per heavy atom. The molecule has 0 saturated heterocycles. The highest BCUT2D eigenvalue weighted by Crippen LogP contribution is 2.30. The predicted octanol–water partition coefficient (Wildman–Crippen LogP) is 3.29. The first kappa shape index (κ1) is 21.3. The van der Waals surface area contributed by atoms with Gasteiger partial charge < -0.3 is 4.74 Å². The van der Waals surface area contributed by atoms with Crippen molar-refractivity contribution in [1.29, 1.82) is 0 Å². The molecule has 0 saturated carbocycles. The summed E-state index contributed by atoms with van der Waals surface area (Å²) in [5.74, 6) is -1.66. The molecule has 0 unspecified atom stereocenters. The van der Waals surface area contributed by atoms with E-state index >= 15 is 0 Å². The van der Waals surface area contributed by atoms with Crippen molar-refractivity contribution in [3.8, 4) is 0 Å². The quantitative estimate of drug-likeness (QED) is 0.534. The van der Waals surface area contributed by atoms with E-state index in [4.69, 9.17) is 4.74 Å². The van der Waals surface area contributed by atoms with Crippen molar-refractivity contribution in [2.75, 3.05) is 4.90 Å². The lowest BCUT2D eigenvalue weighted by atomic mass is 10.3. The van der Waals surface area contributed by atoms with Gasteiger partial charge in [0.15, 0.2) is 10.8 Å². The second-order valence-electron chi connectivity index (χ2n) is 6.28. The molecule has 10 heteroatoms. The molecule has 156 valence electrons. The average molecular weight is 430 g/mol. The Labute approximate surface area is 175 Å². The number of rotatable bonds is 7. The SMILES string of the molecule is CCCn1nc(C(=O)OCc2csc(N(C(C)=O)c3ccccc3F)n2)ccc1=O. The molecule has 0 aliphatic carbocycles. The van der Waals surface area contributed by atoms with E-state index in [1.807, 2.05) is 6.92 Å². The number of amides is 1. The molecule has 3 aromatic rings. The summed E-state index contributed by atoms with van der Waals surface area (Å²) < 4.78 is 20.6. The first-order chi connectivity index (χ1) is 14.4. The molecule has 0 radical (unpaired) electrons. The van der Waals surface area contributed by atoms with Gasteiger partial charge >= 0.3 is 5.97 Å². The van der Waals surface area contributed by atoms with Crippen LogP contribution in [0.1, 0.15) is 36.5 Å². The Kier molecular flexibility index (Phi) is 6.68. The van der Waals surface area contributed by atoms with E-state index in [2.05, 4.69) is 10.1 Å². The number of aryl methyl sites for hydroxylation is 1. The molecule has 0 fully saturated rings. The lowest BCUT2D eigenvalue weighted by molar-refractivity contribution is -0.115. The van der Waals surface area contributed by atoms with Crippen molar-refractivity contribution in [1.82, 2.24) is 14.8 Å². The molecule has 0 aliphatic rings. The summed E-state index contributed by atoms with van der Waals surface area (Å²) in [5, 5.41) is 5.87. The molecule has 2 aromatic heterocycles. The van der Waals surface area contributed by atoms with Gasteiger partial charge in [0.1, 0.15) is 12.4 Å². The second kappa shape index (κ2) is 9.40. The molecular formula is C20H19FN4O4S. The van der Waals surface area contributed by atoms with Gasteiger partial charge in [-0.15, -0.1) is 11.3 Å². The van der Waals surface area contributed by atoms with E-state index in [9.17, 15) is 18.8 Å². The first-order valence-electron chi connectivity index (χ1n) is 9.15. The summed E-state index contributed by atoms with van der Waals surface area (Å²) >= 11 is 1.12. The molecular weight excluding hydrogens is 411 g/mol. The summed E-state index contributed by atoms with van der Waals surface area (Å²) in [4.78, 5) is 41.5. The maximum atomic E-state index is 14.1. The summed E-state index contributed by atoms with van der Waals surface area (Å²) in [5.41, 5.74) is 0.198. The van der Waals surface area contributed by atoms with E-state index in [0.717, 1.165) is 16.2 Å². The van der Waals surface area contributed by atoms with Crippen LogP contribution in [-0.4, -0.2) is 26.6 Å². The monoisotopic (exact) mass is 430 g/mol. The average Bonchev–Trinajstić information content (AvgIpc) is 3.18. The van der Waals surface area contributed by atoms with Gasteiger partial charge in [-0.05, 0) is 24.6 Å². The van der Waals surface area contributed by atoms with Gasteiger partial charge in [-0.1, -0.05) is 19.1 Å². The Morgan fingerprint density at radius 2 is 2.00 bits per heavy atom. The third-order valence-corrected chi connectivity index (χ3v) is 4.88. The summed E-state index contributed by atoms with van der Waals surface area (Å²) in [6.07, 6.45) is 0.696. The van der Waals surface area contributed by atoms with E-state index < -0.39 is 17.7 Å². The van der Waals surface area contributed by atoms with Crippen LogP contribution in [0, 0.1) is 5.82 Å². The van der Waals surface area contributed by atoms with Crippen molar-refractivity contribution in [2.45, 2.75) is 33.4 Å². The number of halogens is 1. The number of hydrogen-bond acceptors (Lipinski definition) is 7. The summed E-state index contributed by atoms with van der Waals surface area (Å²) in [6.45, 7) is 3.44. The number of carbonyl (C=O) groups excluding carboxylic acids is 2. The zero-order valence-corrected chi connectivity index (χ0v) is 17.2. The molecule has 0 spiro atoms. The maximum Gasteiger partial charge on any atom is 0.359 e. The number of carbonyl (C=O) groups is 2. The van der Waals surface area contributed by atoms with Crippen LogP contribution in [-0.2, 0) is 22.7 Å². The fourth-order valence-corrected chi connectivity index (χ4v) is 3.51. The number of nitrogens with zero attached hydrogens (tertiary/aromatic N) is 4. The van der Waals surface area contributed by atoms with E-state index in [1.165, 1.54) is 41.9 Å². The van der Waals surface area contributed by atoms with Gasteiger partial charge in [0.05, 0.1) is 11.4 Å². The van der Waals surface area contributed by atoms with Gasteiger partial charge in [0.25, 0.3) is 5.56 Å². The number of hydrogen-bond donors (Lipinski definition) is 0.